The van der Waals surface area contributed by atoms with E-state index >= 15 is 0 Å². The van der Waals surface area contributed by atoms with E-state index in [1.165, 1.54) is 6.08 Å². The van der Waals surface area contributed by atoms with Gasteiger partial charge >= 0.3 is 0 Å². The number of ether oxygens (including phenoxy) is 1. The van der Waals surface area contributed by atoms with E-state index in [0.717, 1.165) is 0 Å². The van der Waals surface area contributed by atoms with Crippen LogP contribution >= 0.6 is 0 Å². The van der Waals surface area contributed by atoms with E-state index in [-0.39, 0.29) is 17.3 Å². The van der Waals surface area contributed by atoms with Gasteiger partial charge in [0.15, 0.2) is 11.5 Å². The fourth-order valence-corrected chi connectivity index (χ4v) is 3.18. The topological polar surface area (TPSA) is 43.4 Å². The van der Waals surface area contributed by atoms with Crippen LogP contribution in [0.4, 0.5) is 0 Å². The third-order valence-electron chi connectivity index (χ3n) is 2.64. The van der Waals surface area contributed by atoms with E-state index in [0.29, 0.717) is 10.8 Å². The first-order chi connectivity index (χ1) is 7.93. The van der Waals surface area contributed by atoms with Gasteiger partial charge in [0.2, 0.25) is 5.78 Å². The second kappa shape index (κ2) is 4.50. The first-order valence-electron chi connectivity index (χ1n) is 6.14. The van der Waals surface area contributed by atoms with Gasteiger partial charge in [-0.1, -0.05) is 19.6 Å². The number of Topliss-reactive ketones (excluding diaryl/α,β-unsaturated/α-hetero) is 1. The van der Waals surface area contributed by atoms with Gasteiger partial charge in [0.05, 0.1) is 8.07 Å². The highest BCUT2D eigenvalue weighted by molar-refractivity contribution is 6.88. The van der Waals surface area contributed by atoms with Crippen LogP contribution in [-0.2, 0) is 14.3 Å². The van der Waals surface area contributed by atoms with Crippen molar-refractivity contribution in [2.45, 2.75) is 52.9 Å². The Bertz CT molecular complexity index is 456. The third-order valence-corrected chi connectivity index (χ3v) is 4.63. The first kappa shape index (κ1) is 14.9. The predicted octanol–water partition coefficient (Wildman–Crippen LogP) is 3.03. The average molecular weight is 266 g/mol. The number of ketones is 2. The summed E-state index contributed by atoms with van der Waals surface area (Å²) in [5.74, 6) is -0.0121. The maximum absolute atomic E-state index is 12.3. The Balaban J connectivity index is 3.18. The Morgan fingerprint density at radius 3 is 2.00 bits per heavy atom. The summed E-state index contributed by atoms with van der Waals surface area (Å²) < 4.78 is 5.61. The summed E-state index contributed by atoms with van der Waals surface area (Å²) in [4.78, 5) is 24.4. The second-order valence-electron chi connectivity index (χ2n) is 6.67. The minimum atomic E-state index is -1.79. The van der Waals surface area contributed by atoms with E-state index in [1.807, 2.05) is 20.8 Å². The van der Waals surface area contributed by atoms with Crippen molar-refractivity contribution in [3.63, 3.8) is 0 Å². The molecular formula is C14H22O3Si. The molecular weight excluding hydrogens is 244 g/mol. The molecule has 0 heterocycles. The summed E-state index contributed by atoms with van der Waals surface area (Å²) in [7, 11) is -1.79. The van der Waals surface area contributed by atoms with Gasteiger partial charge in [0.1, 0.15) is 5.60 Å². The number of allylic oxidation sites excluding steroid dienone is 3. The van der Waals surface area contributed by atoms with Crippen molar-refractivity contribution in [3.05, 3.63) is 22.6 Å². The summed E-state index contributed by atoms with van der Waals surface area (Å²) in [6, 6.07) is 0. The maximum Gasteiger partial charge on any atom is 0.220 e. The molecule has 0 radical (unpaired) electrons. The Labute approximate surface area is 110 Å². The minimum absolute atomic E-state index is 0.0342. The number of carbonyl (C=O) groups is 2. The van der Waals surface area contributed by atoms with Crippen LogP contribution in [0.25, 0.3) is 0 Å². The van der Waals surface area contributed by atoms with Crippen molar-refractivity contribution in [2.75, 3.05) is 0 Å². The molecule has 1 aliphatic rings. The van der Waals surface area contributed by atoms with Crippen molar-refractivity contribution in [2.24, 2.45) is 0 Å². The highest BCUT2D eigenvalue weighted by atomic mass is 28.3. The predicted molar refractivity (Wildman–Crippen MR) is 75.0 cm³/mol. The molecule has 0 N–H and O–H groups in total. The van der Waals surface area contributed by atoms with Gasteiger partial charge in [0, 0.05) is 5.57 Å². The molecule has 4 heteroatoms. The molecule has 1 rings (SSSR count). The summed E-state index contributed by atoms with van der Waals surface area (Å²) in [5.41, 5.74) is -0.0355. The molecule has 0 atom stereocenters. The first-order valence-corrected chi connectivity index (χ1v) is 9.64. The quantitative estimate of drug-likeness (QED) is 0.570. The lowest BCUT2D eigenvalue weighted by atomic mass is 10.0. The summed E-state index contributed by atoms with van der Waals surface area (Å²) in [6.45, 7) is 13.5. The van der Waals surface area contributed by atoms with Crippen LogP contribution in [0.15, 0.2) is 22.6 Å². The highest BCUT2D eigenvalue weighted by Gasteiger charge is 2.35. The fourth-order valence-electron chi connectivity index (χ4n) is 1.74. The van der Waals surface area contributed by atoms with Gasteiger partial charge < -0.3 is 4.74 Å². The summed E-state index contributed by atoms with van der Waals surface area (Å²) >= 11 is 0. The molecule has 18 heavy (non-hydrogen) atoms. The lowest BCUT2D eigenvalue weighted by Crippen LogP contribution is -2.35. The number of hydrogen-bond donors (Lipinski definition) is 0. The summed E-state index contributed by atoms with van der Waals surface area (Å²) in [6.07, 6.45) is 1.47. The Kier molecular flexibility index (Phi) is 3.72. The summed E-state index contributed by atoms with van der Waals surface area (Å²) in [5, 5.41) is 0.686. The minimum Gasteiger partial charge on any atom is -0.484 e. The molecule has 1 aliphatic carbocycles. The monoisotopic (exact) mass is 266 g/mol. The van der Waals surface area contributed by atoms with Crippen molar-refractivity contribution in [3.8, 4) is 0 Å². The molecule has 3 nitrogen and oxygen atoms in total. The van der Waals surface area contributed by atoms with Crippen molar-refractivity contribution >= 4 is 19.6 Å². The SMILES string of the molecule is CC1=C(OC(C)(C)C)C(=O)C=C([Si](C)(C)C)C1=O. The molecule has 0 aromatic rings. The molecule has 0 aliphatic heterocycles. The smallest absolute Gasteiger partial charge is 0.220 e. The molecule has 0 saturated carbocycles. The van der Waals surface area contributed by atoms with Crippen LogP contribution in [-0.4, -0.2) is 25.2 Å². The maximum atomic E-state index is 12.3. The van der Waals surface area contributed by atoms with Crippen LogP contribution in [0.3, 0.4) is 0 Å². The van der Waals surface area contributed by atoms with Crippen LogP contribution in [0, 0.1) is 0 Å². The molecule has 0 fully saturated rings. The van der Waals surface area contributed by atoms with Crippen LogP contribution < -0.4 is 0 Å². The van der Waals surface area contributed by atoms with E-state index in [1.54, 1.807) is 6.92 Å². The molecule has 0 amide bonds. The molecule has 0 aromatic heterocycles. The number of rotatable bonds is 2. The van der Waals surface area contributed by atoms with Crippen LogP contribution in [0.5, 0.6) is 0 Å². The Morgan fingerprint density at radius 2 is 1.61 bits per heavy atom. The van der Waals surface area contributed by atoms with Crippen molar-refractivity contribution in [1.82, 2.24) is 0 Å². The molecule has 0 unspecified atom stereocenters. The standard InChI is InChI=1S/C14H22O3Si/c1-9-12(16)11(18(5,6)7)8-10(15)13(9)17-14(2,3)4/h8H,1-7H3. The van der Waals surface area contributed by atoms with Crippen molar-refractivity contribution in [1.29, 1.82) is 0 Å². The number of carbonyl (C=O) groups excluding carboxylic acids is 2. The van der Waals surface area contributed by atoms with Gasteiger partial charge in [-0.15, -0.1) is 0 Å². The zero-order chi connectivity index (χ0) is 14.3. The largest absolute Gasteiger partial charge is 0.484 e. The van der Waals surface area contributed by atoms with Gasteiger partial charge in [0.25, 0.3) is 0 Å². The van der Waals surface area contributed by atoms with E-state index < -0.39 is 13.7 Å². The highest BCUT2D eigenvalue weighted by Crippen LogP contribution is 2.28. The van der Waals surface area contributed by atoms with E-state index in [2.05, 4.69) is 19.6 Å². The third kappa shape index (κ3) is 3.19. The van der Waals surface area contributed by atoms with Crippen molar-refractivity contribution < 1.29 is 14.3 Å². The van der Waals surface area contributed by atoms with Crippen LogP contribution in [0.2, 0.25) is 19.6 Å². The lowest BCUT2D eigenvalue weighted by molar-refractivity contribution is -0.120. The zero-order valence-corrected chi connectivity index (χ0v) is 13.3. The van der Waals surface area contributed by atoms with Gasteiger partial charge in [-0.3, -0.25) is 9.59 Å². The van der Waals surface area contributed by atoms with Gasteiger partial charge in [-0.2, -0.15) is 0 Å². The second-order valence-corrected chi connectivity index (χ2v) is 11.7. The van der Waals surface area contributed by atoms with E-state index in [4.69, 9.17) is 4.74 Å². The van der Waals surface area contributed by atoms with Gasteiger partial charge in [-0.05, 0) is 39.0 Å². The fraction of sp³-hybridized carbons (Fsp3) is 0.571. The number of hydrogen-bond acceptors (Lipinski definition) is 3. The molecule has 0 aromatic carbocycles. The average Bonchev–Trinajstić information content (AvgIpc) is 2.15. The lowest BCUT2D eigenvalue weighted by Gasteiger charge is -2.28. The molecule has 100 valence electrons. The Hall–Kier alpha value is -1.16. The normalized spacial score (nSPS) is 18.1. The molecule has 0 bridgehead atoms. The molecule has 0 saturated heterocycles. The molecule has 0 spiro atoms. The van der Waals surface area contributed by atoms with Crippen LogP contribution in [0.1, 0.15) is 27.7 Å². The zero-order valence-electron chi connectivity index (χ0n) is 12.3. The van der Waals surface area contributed by atoms with Gasteiger partial charge in [-0.25, -0.2) is 0 Å². The van der Waals surface area contributed by atoms with E-state index in [9.17, 15) is 9.59 Å². The Morgan fingerprint density at radius 1 is 1.11 bits per heavy atom.